The Morgan fingerprint density at radius 3 is 2.89 bits per heavy atom. The van der Waals surface area contributed by atoms with Gasteiger partial charge in [0.15, 0.2) is 11.3 Å². The number of nitriles is 1. The molecule has 0 N–H and O–H groups in total. The smallest absolute Gasteiger partial charge is 0.161 e. The van der Waals surface area contributed by atoms with Crippen molar-refractivity contribution in [2.45, 2.75) is 0 Å². The molecule has 4 nitrogen and oxygen atoms in total. The molecule has 0 fully saturated rings. The SMILES string of the molecule is N#Cc1ccc2ncc(-c3cccc(Cl)c3)n2n1. The lowest BCUT2D eigenvalue weighted by Crippen LogP contribution is -1.96. The van der Waals surface area contributed by atoms with Crippen molar-refractivity contribution >= 4 is 17.2 Å². The van der Waals surface area contributed by atoms with Gasteiger partial charge in [0.1, 0.15) is 6.07 Å². The maximum Gasteiger partial charge on any atom is 0.161 e. The van der Waals surface area contributed by atoms with Gasteiger partial charge in [-0.3, -0.25) is 0 Å². The van der Waals surface area contributed by atoms with E-state index in [4.69, 9.17) is 16.9 Å². The summed E-state index contributed by atoms with van der Waals surface area (Å²) >= 11 is 5.97. The second-order valence-electron chi connectivity index (χ2n) is 3.75. The van der Waals surface area contributed by atoms with Gasteiger partial charge in [-0.05, 0) is 24.3 Å². The van der Waals surface area contributed by atoms with E-state index in [1.807, 2.05) is 30.3 Å². The first kappa shape index (κ1) is 10.8. The maximum absolute atomic E-state index is 8.87. The Kier molecular flexibility index (Phi) is 2.47. The Hall–Kier alpha value is -2.38. The van der Waals surface area contributed by atoms with Crippen molar-refractivity contribution < 1.29 is 0 Å². The van der Waals surface area contributed by atoms with Crippen LogP contribution in [0.3, 0.4) is 0 Å². The Balaban J connectivity index is 2.27. The number of rotatable bonds is 1. The molecule has 0 saturated heterocycles. The third-order valence-electron chi connectivity index (χ3n) is 2.60. The molecule has 2 aromatic heterocycles. The first-order valence-electron chi connectivity index (χ1n) is 5.29. The molecule has 0 unspecified atom stereocenters. The molecule has 0 amide bonds. The quantitative estimate of drug-likeness (QED) is 0.671. The summed E-state index contributed by atoms with van der Waals surface area (Å²) in [7, 11) is 0. The first-order valence-corrected chi connectivity index (χ1v) is 5.66. The highest BCUT2D eigenvalue weighted by atomic mass is 35.5. The number of nitrogens with zero attached hydrogens (tertiary/aromatic N) is 4. The summed E-state index contributed by atoms with van der Waals surface area (Å²) < 4.78 is 1.64. The third kappa shape index (κ3) is 1.71. The predicted molar refractivity (Wildman–Crippen MR) is 68.1 cm³/mol. The van der Waals surface area contributed by atoms with Crippen LogP contribution in [0.25, 0.3) is 16.9 Å². The van der Waals surface area contributed by atoms with E-state index in [9.17, 15) is 0 Å². The van der Waals surface area contributed by atoms with E-state index >= 15 is 0 Å². The van der Waals surface area contributed by atoms with Crippen LogP contribution in [0, 0.1) is 11.3 Å². The van der Waals surface area contributed by atoms with Gasteiger partial charge >= 0.3 is 0 Å². The molecule has 86 valence electrons. The van der Waals surface area contributed by atoms with Crippen LogP contribution in [0.2, 0.25) is 5.02 Å². The minimum absolute atomic E-state index is 0.351. The molecular weight excluding hydrogens is 248 g/mol. The molecule has 0 spiro atoms. The van der Waals surface area contributed by atoms with Gasteiger partial charge in [0.2, 0.25) is 0 Å². The number of aromatic nitrogens is 3. The van der Waals surface area contributed by atoms with Crippen molar-refractivity contribution in [2.24, 2.45) is 0 Å². The van der Waals surface area contributed by atoms with Crippen molar-refractivity contribution in [3.8, 4) is 17.3 Å². The van der Waals surface area contributed by atoms with Gasteiger partial charge in [0, 0.05) is 10.6 Å². The fourth-order valence-corrected chi connectivity index (χ4v) is 1.97. The monoisotopic (exact) mass is 254 g/mol. The average Bonchev–Trinajstić information content (AvgIpc) is 2.81. The maximum atomic E-state index is 8.87. The Morgan fingerprint density at radius 2 is 2.11 bits per heavy atom. The fraction of sp³-hybridized carbons (Fsp3) is 0. The topological polar surface area (TPSA) is 54.0 Å². The minimum Gasteiger partial charge on any atom is -0.235 e. The number of fused-ring (bicyclic) bond motifs is 1. The summed E-state index contributed by atoms with van der Waals surface area (Å²) in [5, 5.41) is 13.7. The number of benzene rings is 1. The largest absolute Gasteiger partial charge is 0.235 e. The zero-order valence-electron chi connectivity index (χ0n) is 9.21. The van der Waals surface area contributed by atoms with Crippen molar-refractivity contribution in [1.29, 1.82) is 5.26 Å². The minimum atomic E-state index is 0.351. The summed E-state index contributed by atoms with van der Waals surface area (Å²) in [5.74, 6) is 0. The highest BCUT2D eigenvalue weighted by molar-refractivity contribution is 6.30. The lowest BCUT2D eigenvalue weighted by atomic mass is 10.2. The van der Waals surface area contributed by atoms with Crippen molar-refractivity contribution in [2.75, 3.05) is 0 Å². The van der Waals surface area contributed by atoms with Crippen LogP contribution >= 0.6 is 11.6 Å². The summed E-state index contributed by atoms with van der Waals surface area (Å²) in [6.07, 6.45) is 1.72. The summed E-state index contributed by atoms with van der Waals surface area (Å²) in [6, 6.07) is 12.9. The van der Waals surface area contributed by atoms with Gasteiger partial charge in [0.05, 0.1) is 11.9 Å². The molecule has 0 saturated carbocycles. The van der Waals surface area contributed by atoms with Crippen molar-refractivity contribution in [3.05, 3.63) is 53.3 Å². The number of hydrogen-bond donors (Lipinski definition) is 0. The number of imidazole rings is 1. The van der Waals surface area contributed by atoms with Gasteiger partial charge in [-0.1, -0.05) is 23.7 Å². The molecule has 0 bridgehead atoms. The molecule has 18 heavy (non-hydrogen) atoms. The molecule has 0 atom stereocenters. The molecule has 5 heteroatoms. The molecule has 3 rings (SSSR count). The summed E-state index contributed by atoms with van der Waals surface area (Å²) in [6.45, 7) is 0. The van der Waals surface area contributed by atoms with Gasteiger partial charge in [0.25, 0.3) is 0 Å². The third-order valence-corrected chi connectivity index (χ3v) is 2.83. The summed E-state index contributed by atoms with van der Waals surface area (Å²) in [5.41, 5.74) is 2.77. The average molecular weight is 255 g/mol. The molecule has 1 aromatic carbocycles. The second-order valence-corrected chi connectivity index (χ2v) is 4.19. The zero-order chi connectivity index (χ0) is 12.5. The lowest BCUT2D eigenvalue weighted by molar-refractivity contribution is 0.928. The van der Waals surface area contributed by atoms with Crippen LogP contribution in [0.15, 0.2) is 42.6 Å². The Morgan fingerprint density at radius 1 is 1.22 bits per heavy atom. The molecule has 2 heterocycles. The molecule has 0 aliphatic carbocycles. The second kappa shape index (κ2) is 4.13. The summed E-state index contributed by atoms with van der Waals surface area (Å²) in [4.78, 5) is 4.25. The molecule has 3 aromatic rings. The van der Waals surface area contributed by atoms with Crippen LogP contribution in [-0.4, -0.2) is 14.6 Å². The number of hydrogen-bond acceptors (Lipinski definition) is 3. The highest BCUT2D eigenvalue weighted by Crippen LogP contribution is 2.23. The van der Waals surface area contributed by atoms with E-state index in [1.165, 1.54) is 0 Å². The standard InChI is InChI=1S/C13H7ClN4/c14-10-3-1-2-9(6-10)12-8-16-13-5-4-11(7-15)17-18(12)13/h1-6,8H. The first-order chi connectivity index (χ1) is 8.78. The van der Waals surface area contributed by atoms with Crippen LogP contribution in [0.4, 0.5) is 0 Å². The molecule has 0 aliphatic heterocycles. The number of halogens is 1. The van der Waals surface area contributed by atoms with Gasteiger partial charge in [-0.25, -0.2) is 9.50 Å². The van der Waals surface area contributed by atoms with Crippen molar-refractivity contribution in [3.63, 3.8) is 0 Å². The van der Waals surface area contributed by atoms with E-state index in [0.717, 1.165) is 11.3 Å². The van der Waals surface area contributed by atoms with E-state index in [0.29, 0.717) is 16.4 Å². The van der Waals surface area contributed by atoms with E-state index in [1.54, 1.807) is 22.8 Å². The zero-order valence-corrected chi connectivity index (χ0v) is 9.96. The predicted octanol–water partition coefficient (Wildman–Crippen LogP) is 2.92. The van der Waals surface area contributed by atoms with Gasteiger partial charge in [-0.2, -0.15) is 10.4 Å². The van der Waals surface area contributed by atoms with Crippen LogP contribution < -0.4 is 0 Å². The van der Waals surface area contributed by atoms with E-state index < -0.39 is 0 Å². The normalized spacial score (nSPS) is 10.4. The van der Waals surface area contributed by atoms with Crippen molar-refractivity contribution in [1.82, 2.24) is 14.6 Å². The van der Waals surface area contributed by atoms with Crippen LogP contribution in [0.5, 0.6) is 0 Å². The molecule has 0 aliphatic rings. The molecular formula is C13H7ClN4. The van der Waals surface area contributed by atoms with E-state index in [-0.39, 0.29) is 0 Å². The highest BCUT2D eigenvalue weighted by Gasteiger charge is 2.08. The van der Waals surface area contributed by atoms with Gasteiger partial charge in [-0.15, -0.1) is 0 Å². The van der Waals surface area contributed by atoms with Crippen LogP contribution in [-0.2, 0) is 0 Å². The fourth-order valence-electron chi connectivity index (χ4n) is 1.78. The Bertz CT molecular complexity index is 770. The van der Waals surface area contributed by atoms with Gasteiger partial charge < -0.3 is 0 Å². The molecule has 0 radical (unpaired) electrons. The van der Waals surface area contributed by atoms with Crippen LogP contribution in [0.1, 0.15) is 5.69 Å². The lowest BCUT2D eigenvalue weighted by Gasteiger charge is -2.01. The van der Waals surface area contributed by atoms with E-state index in [2.05, 4.69) is 10.1 Å². The Labute approximate surface area is 108 Å².